The van der Waals surface area contributed by atoms with Gasteiger partial charge in [-0.15, -0.1) is 6.58 Å². The summed E-state index contributed by atoms with van der Waals surface area (Å²) in [6.07, 6.45) is 18.6. The van der Waals surface area contributed by atoms with Gasteiger partial charge in [-0.2, -0.15) is 0 Å². The van der Waals surface area contributed by atoms with Gasteiger partial charge in [0.15, 0.2) is 0 Å². The van der Waals surface area contributed by atoms with Crippen molar-refractivity contribution in [3.63, 3.8) is 0 Å². The van der Waals surface area contributed by atoms with Crippen molar-refractivity contribution in [2.45, 2.75) is 147 Å². The maximum atomic E-state index is 14.9. The normalized spacial score (nSPS) is 21.8. The number of amides is 2. The van der Waals surface area contributed by atoms with Crippen LogP contribution in [0.3, 0.4) is 0 Å². The Morgan fingerprint density at radius 1 is 0.884 bits per heavy atom. The number of halogens is 1. The lowest BCUT2D eigenvalue weighted by molar-refractivity contribution is -0.256. The zero-order chi connectivity index (χ0) is 48.9. The molecule has 12 nitrogen and oxygen atoms in total. The van der Waals surface area contributed by atoms with Gasteiger partial charge in [0.1, 0.15) is 30.5 Å². The zero-order valence-electron chi connectivity index (χ0n) is 41.0. The van der Waals surface area contributed by atoms with Crippen molar-refractivity contribution < 1.29 is 48.0 Å². The molecule has 2 amide bonds. The number of hydrogen-bond acceptors (Lipinski definition) is 10. The van der Waals surface area contributed by atoms with Crippen LogP contribution in [0.25, 0.3) is 0 Å². The Morgan fingerprint density at radius 3 is 2.26 bits per heavy atom. The lowest BCUT2D eigenvalue weighted by Crippen LogP contribution is -2.70. The first-order valence-electron chi connectivity index (χ1n) is 25.6. The minimum atomic E-state index is -1.54. The summed E-state index contributed by atoms with van der Waals surface area (Å²) in [5, 5.41) is 27.4. The van der Waals surface area contributed by atoms with Crippen molar-refractivity contribution in [2.75, 3.05) is 33.5 Å². The van der Waals surface area contributed by atoms with E-state index in [0.717, 1.165) is 61.6 Å². The van der Waals surface area contributed by atoms with E-state index in [1.807, 2.05) is 36.4 Å². The largest absolute Gasteiger partial charge is 0.459 e. The topological polar surface area (TPSA) is 148 Å². The molecule has 0 aromatic heterocycles. The number of hydrogen-bond donors (Lipinski definition) is 3. The Kier molecular flexibility index (Phi) is 21.4. The molecule has 6 unspecified atom stereocenters. The van der Waals surface area contributed by atoms with Crippen molar-refractivity contribution in [3.05, 3.63) is 120 Å². The molecule has 376 valence electrons. The Balaban J connectivity index is 1.41. The van der Waals surface area contributed by atoms with Gasteiger partial charge in [-0.1, -0.05) is 137 Å². The number of ether oxygens (including phenoxy) is 4. The average Bonchev–Trinajstić information content (AvgIpc) is 3.36. The molecule has 69 heavy (non-hydrogen) atoms. The van der Waals surface area contributed by atoms with Gasteiger partial charge in [0.2, 0.25) is 5.79 Å². The number of carbonyl (C=O) groups is 2. The van der Waals surface area contributed by atoms with E-state index in [9.17, 15) is 24.2 Å². The fourth-order valence-electron chi connectivity index (χ4n) is 10.7. The molecule has 1 heterocycles. The van der Waals surface area contributed by atoms with Crippen LogP contribution < -0.4 is 14.8 Å². The summed E-state index contributed by atoms with van der Waals surface area (Å²) in [6.45, 7) is 7.03. The first-order chi connectivity index (χ1) is 33.8. The maximum Gasteiger partial charge on any atom is 0.412 e. The van der Waals surface area contributed by atoms with E-state index in [1.165, 1.54) is 57.8 Å². The van der Waals surface area contributed by atoms with Crippen LogP contribution in [-0.2, 0) is 27.4 Å². The van der Waals surface area contributed by atoms with Gasteiger partial charge in [0.05, 0.1) is 24.8 Å². The summed E-state index contributed by atoms with van der Waals surface area (Å²) in [7, 11) is 1.51. The molecule has 1 fully saturated rings. The number of unbranched alkanes of at least 4 members (excludes halogenated alkanes) is 11. The minimum absolute atomic E-state index is 0.00763. The van der Waals surface area contributed by atoms with Crippen LogP contribution in [0.4, 0.5) is 14.0 Å². The highest BCUT2D eigenvalue weighted by atomic mass is 19.1. The number of rotatable bonds is 29. The summed E-state index contributed by atoms with van der Waals surface area (Å²) in [4.78, 5) is 35.4. The number of allylic oxidation sites excluding steroid dienone is 1. The van der Waals surface area contributed by atoms with E-state index < -0.39 is 35.8 Å². The number of carbonyl (C=O) groups excluding carboxylic acids is 2. The first-order valence-corrected chi connectivity index (χ1v) is 25.6. The Bertz CT molecular complexity index is 2120. The zero-order valence-corrected chi connectivity index (χ0v) is 41.0. The highest BCUT2D eigenvalue weighted by Gasteiger charge is 2.65. The quantitative estimate of drug-likeness (QED) is 0.0351. The van der Waals surface area contributed by atoms with E-state index in [-0.39, 0.29) is 63.7 Å². The summed E-state index contributed by atoms with van der Waals surface area (Å²) in [6, 6.07) is 20.2. The fourth-order valence-corrected chi connectivity index (χ4v) is 10.7. The van der Waals surface area contributed by atoms with Gasteiger partial charge in [0, 0.05) is 44.2 Å². The Morgan fingerprint density at radius 2 is 1.58 bits per heavy atom. The van der Waals surface area contributed by atoms with E-state index in [4.69, 9.17) is 23.8 Å². The second-order valence-corrected chi connectivity index (χ2v) is 18.7. The molecule has 3 aromatic rings. The van der Waals surface area contributed by atoms with Crippen LogP contribution in [0.2, 0.25) is 0 Å². The van der Waals surface area contributed by atoms with Gasteiger partial charge in [-0.05, 0) is 91.0 Å². The standard InChI is InChI=1S/C56H76FN3O9/c1-4-6-7-8-9-10-11-12-13-21-35-66-55(64)60(40-42-26-28-44(57)29-27-42)51-38-49(59-65-3)47-36-43(24-17-19-32-61)46(25-18-20-33-62)52-48-37-45(68-54(63)58-39-41-22-15-14-16-23-41)30-31-50(48)69-56(51,53(47)52)67-34-5-2/h5,14-16,22-23,26-31,36-37,43,46,51-53,61-62H,2,4,6-13,17-21,24-25,32-35,38-40H2,1,3H3,(H,58,63). The Labute approximate surface area is 409 Å². The molecule has 0 spiro atoms. The molecule has 3 N–H and O–H groups in total. The lowest BCUT2D eigenvalue weighted by Gasteiger charge is -2.59. The van der Waals surface area contributed by atoms with E-state index >= 15 is 0 Å². The van der Waals surface area contributed by atoms with Crippen molar-refractivity contribution in [2.24, 2.45) is 22.9 Å². The summed E-state index contributed by atoms with van der Waals surface area (Å²) >= 11 is 0. The molecule has 1 aliphatic heterocycles. The third kappa shape index (κ3) is 14.4. The highest BCUT2D eigenvalue weighted by molar-refractivity contribution is 6.03. The highest BCUT2D eigenvalue weighted by Crippen LogP contribution is 2.62. The fraction of sp³-hybridized carbons (Fsp3) is 0.554. The smallest absolute Gasteiger partial charge is 0.412 e. The molecule has 2 aliphatic carbocycles. The van der Waals surface area contributed by atoms with Crippen LogP contribution in [0.1, 0.15) is 139 Å². The van der Waals surface area contributed by atoms with Crippen LogP contribution in [-0.4, -0.2) is 78.4 Å². The second kappa shape index (κ2) is 27.8. The van der Waals surface area contributed by atoms with Crippen molar-refractivity contribution >= 4 is 17.9 Å². The average molecular weight is 954 g/mol. The number of benzene rings is 3. The molecular weight excluding hydrogens is 878 g/mol. The first kappa shape index (κ1) is 53.1. The summed E-state index contributed by atoms with van der Waals surface area (Å²) in [5.74, 6) is -2.05. The maximum absolute atomic E-state index is 14.9. The van der Waals surface area contributed by atoms with Gasteiger partial charge >= 0.3 is 12.2 Å². The summed E-state index contributed by atoms with van der Waals surface area (Å²) in [5.41, 5.74) is 3.92. The number of nitrogens with one attached hydrogen (secondary N) is 1. The number of oxime groups is 1. The predicted octanol–water partition coefficient (Wildman–Crippen LogP) is 11.9. The van der Waals surface area contributed by atoms with Gasteiger partial charge < -0.3 is 39.3 Å². The van der Waals surface area contributed by atoms with Gasteiger partial charge in [0.25, 0.3) is 0 Å². The molecule has 13 heteroatoms. The van der Waals surface area contributed by atoms with E-state index in [1.54, 1.807) is 35.2 Å². The minimum Gasteiger partial charge on any atom is -0.459 e. The molecule has 0 radical (unpaired) electrons. The Hall–Kier alpha value is -5.24. The molecule has 6 rings (SSSR count). The number of nitrogens with zero attached hydrogens (tertiary/aromatic N) is 2. The van der Waals surface area contributed by atoms with Crippen LogP contribution >= 0.6 is 0 Å². The lowest BCUT2D eigenvalue weighted by atomic mass is 9.55. The molecule has 3 aromatic carbocycles. The van der Waals surface area contributed by atoms with Crippen LogP contribution in [0.5, 0.6) is 11.5 Å². The third-order valence-electron chi connectivity index (χ3n) is 13.9. The molecule has 0 saturated heterocycles. The van der Waals surface area contributed by atoms with Gasteiger partial charge in [-0.25, -0.2) is 14.0 Å². The SMILES string of the molecule is C=CCOC12Oc3ccc(OC(=O)NCc4ccccc4)cc3C3C(CCCCO)C(CCCCO)C=C(C(=NOC)CC1N(Cc1ccc(F)cc1)C(=O)OCCCCCCCCCCCC)C32. The monoisotopic (exact) mass is 954 g/mol. The van der Waals surface area contributed by atoms with E-state index in [2.05, 4.69) is 30.1 Å². The van der Waals surface area contributed by atoms with Crippen molar-refractivity contribution in [1.82, 2.24) is 10.2 Å². The van der Waals surface area contributed by atoms with Crippen molar-refractivity contribution in [1.29, 1.82) is 0 Å². The number of fused-ring (bicyclic) bond motifs is 2. The number of aliphatic hydroxyl groups excluding tert-OH is 2. The molecular formula is C56H76FN3O9. The van der Waals surface area contributed by atoms with Crippen LogP contribution in [0.15, 0.2) is 102 Å². The third-order valence-corrected chi connectivity index (χ3v) is 13.9. The predicted molar refractivity (Wildman–Crippen MR) is 266 cm³/mol. The van der Waals surface area contributed by atoms with Crippen LogP contribution in [0, 0.1) is 23.6 Å². The molecule has 0 bridgehead atoms. The molecule has 3 aliphatic rings. The van der Waals surface area contributed by atoms with E-state index in [0.29, 0.717) is 42.0 Å². The molecule has 6 atom stereocenters. The van der Waals surface area contributed by atoms with Crippen molar-refractivity contribution in [3.8, 4) is 11.5 Å². The molecule has 1 saturated carbocycles. The summed E-state index contributed by atoms with van der Waals surface area (Å²) < 4.78 is 40.9. The van der Waals surface area contributed by atoms with Gasteiger partial charge in [-0.3, -0.25) is 4.90 Å². The second-order valence-electron chi connectivity index (χ2n) is 18.7. The number of aliphatic hydroxyl groups is 2.